The number of benzene rings is 1. The Morgan fingerprint density at radius 1 is 1.64 bits per heavy atom. The highest BCUT2D eigenvalue weighted by Crippen LogP contribution is 2.33. The average molecular weight is 196 g/mol. The quantitative estimate of drug-likeness (QED) is 0.568. The molecule has 0 spiro atoms. The average Bonchev–Trinajstić information content (AvgIpc) is 2.16. The third-order valence-corrected chi connectivity index (χ3v) is 2.08. The SMILES string of the molecule is CCC(N)c1cccc([N+](=O)[O-])c1O. The van der Waals surface area contributed by atoms with E-state index in [-0.39, 0.29) is 17.5 Å². The molecule has 0 heterocycles. The highest BCUT2D eigenvalue weighted by atomic mass is 16.6. The Kier molecular flexibility index (Phi) is 3.03. The smallest absolute Gasteiger partial charge is 0.311 e. The van der Waals surface area contributed by atoms with Gasteiger partial charge in [0.1, 0.15) is 0 Å². The first kappa shape index (κ1) is 10.5. The number of phenols is 1. The van der Waals surface area contributed by atoms with Crippen molar-refractivity contribution in [3.63, 3.8) is 0 Å². The molecule has 0 radical (unpaired) electrons. The van der Waals surface area contributed by atoms with Gasteiger partial charge in [-0.3, -0.25) is 10.1 Å². The summed E-state index contributed by atoms with van der Waals surface area (Å²) in [6, 6.07) is 4.00. The van der Waals surface area contributed by atoms with Crippen molar-refractivity contribution < 1.29 is 10.0 Å². The van der Waals surface area contributed by atoms with Gasteiger partial charge in [0.05, 0.1) is 4.92 Å². The summed E-state index contributed by atoms with van der Waals surface area (Å²) in [6.07, 6.45) is 0.620. The zero-order chi connectivity index (χ0) is 10.7. The second-order valence-corrected chi connectivity index (χ2v) is 2.99. The topological polar surface area (TPSA) is 89.4 Å². The summed E-state index contributed by atoms with van der Waals surface area (Å²) in [5, 5.41) is 20.0. The van der Waals surface area contributed by atoms with Crippen molar-refractivity contribution in [1.82, 2.24) is 0 Å². The lowest BCUT2D eigenvalue weighted by molar-refractivity contribution is -0.386. The van der Waals surface area contributed by atoms with Gasteiger partial charge in [0.25, 0.3) is 0 Å². The molecule has 14 heavy (non-hydrogen) atoms. The lowest BCUT2D eigenvalue weighted by Gasteiger charge is -2.10. The zero-order valence-electron chi connectivity index (χ0n) is 7.80. The molecule has 0 aliphatic rings. The molecule has 0 saturated heterocycles. The van der Waals surface area contributed by atoms with Gasteiger partial charge < -0.3 is 10.8 Å². The molecule has 3 N–H and O–H groups in total. The number of rotatable bonds is 3. The molecule has 0 aliphatic carbocycles. The lowest BCUT2D eigenvalue weighted by Crippen LogP contribution is -2.09. The van der Waals surface area contributed by atoms with Crippen molar-refractivity contribution in [3.8, 4) is 5.75 Å². The maximum absolute atomic E-state index is 10.5. The van der Waals surface area contributed by atoms with Crippen molar-refractivity contribution in [3.05, 3.63) is 33.9 Å². The third kappa shape index (κ3) is 1.82. The van der Waals surface area contributed by atoms with Gasteiger partial charge in [0, 0.05) is 17.7 Å². The van der Waals surface area contributed by atoms with Crippen molar-refractivity contribution >= 4 is 5.69 Å². The fourth-order valence-corrected chi connectivity index (χ4v) is 1.22. The molecular weight excluding hydrogens is 184 g/mol. The number of para-hydroxylation sites is 1. The molecule has 1 aromatic rings. The summed E-state index contributed by atoms with van der Waals surface area (Å²) in [6.45, 7) is 1.85. The minimum atomic E-state index is -0.624. The maximum atomic E-state index is 10.5. The van der Waals surface area contributed by atoms with E-state index in [1.54, 1.807) is 6.07 Å². The molecule has 0 aromatic heterocycles. The molecule has 5 heteroatoms. The van der Waals surface area contributed by atoms with E-state index in [0.29, 0.717) is 12.0 Å². The van der Waals surface area contributed by atoms with Crippen LogP contribution in [-0.4, -0.2) is 10.0 Å². The van der Waals surface area contributed by atoms with E-state index in [0.717, 1.165) is 0 Å². The van der Waals surface area contributed by atoms with Gasteiger partial charge >= 0.3 is 5.69 Å². The summed E-state index contributed by atoms with van der Waals surface area (Å²) >= 11 is 0. The van der Waals surface area contributed by atoms with Crippen LogP contribution in [0.25, 0.3) is 0 Å². The number of nitrogens with two attached hydrogens (primary N) is 1. The number of phenolic OH excluding ortho intramolecular Hbond substituents is 1. The first-order valence-electron chi connectivity index (χ1n) is 4.29. The molecule has 0 bridgehead atoms. The first-order valence-corrected chi connectivity index (χ1v) is 4.29. The van der Waals surface area contributed by atoms with Crippen LogP contribution in [0.15, 0.2) is 18.2 Å². The van der Waals surface area contributed by atoms with E-state index >= 15 is 0 Å². The summed E-state index contributed by atoms with van der Waals surface area (Å²) in [4.78, 5) is 9.87. The van der Waals surface area contributed by atoms with Crippen LogP contribution in [0.2, 0.25) is 0 Å². The van der Waals surface area contributed by atoms with Crippen LogP contribution in [-0.2, 0) is 0 Å². The monoisotopic (exact) mass is 196 g/mol. The standard InChI is InChI=1S/C9H12N2O3/c1-2-7(10)6-4-3-5-8(9(6)12)11(13)14/h3-5,7,12H,2,10H2,1H3. The van der Waals surface area contributed by atoms with Crippen LogP contribution < -0.4 is 5.73 Å². The molecule has 1 aromatic carbocycles. The van der Waals surface area contributed by atoms with E-state index in [1.807, 2.05) is 6.92 Å². The van der Waals surface area contributed by atoms with Gasteiger partial charge in [0.15, 0.2) is 5.75 Å². The van der Waals surface area contributed by atoms with Gasteiger partial charge in [-0.15, -0.1) is 0 Å². The number of aromatic hydroxyl groups is 1. The van der Waals surface area contributed by atoms with Crippen LogP contribution in [0.5, 0.6) is 5.75 Å². The molecule has 0 aliphatic heterocycles. The predicted octanol–water partition coefficient (Wildman–Crippen LogP) is 1.71. The Morgan fingerprint density at radius 3 is 2.79 bits per heavy atom. The van der Waals surface area contributed by atoms with Crippen molar-refractivity contribution in [2.24, 2.45) is 5.73 Å². The number of hydrogen-bond acceptors (Lipinski definition) is 4. The Labute approximate surface area is 81.3 Å². The van der Waals surface area contributed by atoms with Crippen LogP contribution >= 0.6 is 0 Å². The molecule has 0 saturated carbocycles. The van der Waals surface area contributed by atoms with Crippen molar-refractivity contribution in [1.29, 1.82) is 0 Å². The van der Waals surface area contributed by atoms with Crippen molar-refractivity contribution in [2.75, 3.05) is 0 Å². The van der Waals surface area contributed by atoms with Crippen LogP contribution in [0.4, 0.5) is 5.69 Å². The Morgan fingerprint density at radius 2 is 2.29 bits per heavy atom. The molecular formula is C9H12N2O3. The maximum Gasteiger partial charge on any atom is 0.311 e. The highest BCUT2D eigenvalue weighted by Gasteiger charge is 2.18. The molecule has 76 valence electrons. The van der Waals surface area contributed by atoms with E-state index in [9.17, 15) is 15.2 Å². The summed E-state index contributed by atoms with van der Waals surface area (Å²) in [7, 11) is 0. The first-order chi connectivity index (χ1) is 6.57. The second-order valence-electron chi connectivity index (χ2n) is 2.99. The largest absolute Gasteiger partial charge is 0.502 e. The number of hydrogen-bond donors (Lipinski definition) is 2. The fourth-order valence-electron chi connectivity index (χ4n) is 1.22. The minimum Gasteiger partial charge on any atom is -0.502 e. The molecule has 5 nitrogen and oxygen atoms in total. The predicted molar refractivity (Wildman–Crippen MR) is 52.0 cm³/mol. The van der Waals surface area contributed by atoms with Crippen LogP contribution in [0.3, 0.4) is 0 Å². The fraction of sp³-hybridized carbons (Fsp3) is 0.333. The van der Waals surface area contributed by atoms with Gasteiger partial charge in [-0.25, -0.2) is 0 Å². The number of nitrogens with zero attached hydrogens (tertiary/aromatic N) is 1. The molecule has 1 rings (SSSR count). The normalized spacial score (nSPS) is 12.4. The Balaban J connectivity index is 3.20. The van der Waals surface area contributed by atoms with E-state index in [2.05, 4.69) is 0 Å². The number of nitro benzene ring substituents is 1. The molecule has 0 amide bonds. The van der Waals surface area contributed by atoms with Crippen LogP contribution in [0.1, 0.15) is 24.9 Å². The van der Waals surface area contributed by atoms with Gasteiger partial charge in [-0.1, -0.05) is 19.1 Å². The Bertz CT molecular complexity index is 352. The summed E-state index contributed by atoms with van der Waals surface area (Å²) in [5.74, 6) is -0.327. The Hall–Kier alpha value is -1.62. The van der Waals surface area contributed by atoms with Crippen molar-refractivity contribution in [2.45, 2.75) is 19.4 Å². The molecule has 1 atom stereocenters. The minimum absolute atomic E-state index is 0.300. The summed E-state index contributed by atoms with van der Waals surface area (Å²) < 4.78 is 0. The molecule has 1 unspecified atom stereocenters. The second kappa shape index (κ2) is 4.06. The van der Waals surface area contributed by atoms with Gasteiger partial charge in [-0.2, -0.15) is 0 Å². The lowest BCUT2D eigenvalue weighted by atomic mass is 10.0. The zero-order valence-corrected chi connectivity index (χ0v) is 7.80. The van der Waals surface area contributed by atoms with E-state index in [4.69, 9.17) is 5.73 Å². The van der Waals surface area contributed by atoms with Crippen LogP contribution in [0, 0.1) is 10.1 Å². The van der Waals surface area contributed by atoms with E-state index < -0.39 is 4.92 Å². The molecule has 0 fully saturated rings. The van der Waals surface area contributed by atoms with Gasteiger partial charge in [-0.05, 0) is 6.42 Å². The third-order valence-electron chi connectivity index (χ3n) is 2.08. The highest BCUT2D eigenvalue weighted by molar-refractivity contribution is 5.51. The number of nitro groups is 1. The van der Waals surface area contributed by atoms with Gasteiger partial charge in [0.2, 0.25) is 0 Å². The van der Waals surface area contributed by atoms with E-state index in [1.165, 1.54) is 12.1 Å². The summed E-state index contributed by atoms with van der Waals surface area (Å²) in [5.41, 5.74) is 5.80.